The van der Waals surface area contributed by atoms with Crippen LogP contribution in [0.1, 0.15) is 27.6 Å². The largest absolute Gasteiger partial charge is 0.481 e. The van der Waals surface area contributed by atoms with Crippen LogP contribution in [-0.4, -0.2) is 32.1 Å². The van der Waals surface area contributed by atoms with Crippen LogP contribution in [0.3, 0.4) is 0 Å². The van der Waals surface area contributed by atoms with Gasteiger partial charge >= 0.3 is 5.97 Å². The van der Waals surface area contributed by atoms with Crippen LogP contribution >= 0.6 is 0 Å². The Hall–Kier alpha value is -4.05. The first-order chi connectivity index (χ1) is 15.3. The molecule has 0 aliphatic carbocycles. The Morgan fingerprint density at radius 3 is 2.47 bits per heavy atom. The average molecular weight is 452 g/mol. The third-order valence-electron chi connectivity index (χ3n) is 4.39. The number of carboxylic acids is 1. The zero-order valence-electron chi connectivity index (χ0n) is 16.8. The third kappa shape index (κ3) is 5.99. The van der Waals surface area contributed by atoms with Gasteiger partial charge in [-0.2, -0.15) is 0 Å². The van der Waals surface area contributed by atoms with Gasteiger partial charge in [-0.25, -0.2) is 4.99 Å². The lowest BCUT2D eigenvalue weighted by Crippen LogP contribution is -2.21. The summed E-state index contributed by atoms with van der Waals surface area (Å²) in [6, 6.07) is 16.2. The number of carbonyl (C=O) groups excluding carboxylic acids is 1. The lowest BCUT2D eigenvalue weighted by atomic mass is 10.1. The van der Waals surface area contributed by atoms with E-state index in [1.807, 2.05) is 0 Å². The molecular weight excluding hydrogens is 430 g/mol. The fourth-order valence-electron chi connectivity index (χ4n) is 2.95. The van der Waals surface area contributed by atoms with Crippen molar-refractivity contribution in [3.63, 3.8) is 0 Å². The van der Waals surface area contributed by atoms with Gasteiger partial charge in [-0.05, 0) is 54.1 Å². The van der Waals surface area contributed by atoms with Crippen molar-refractivity contribution in [1.29, 1.82) is 0 Å². The molecule has 2 aromatic carbocycles. The minimum absolute atomic E-state index is 0.112. The maximum atomic E-state index is 13.1. The molecule has 0 fully saturated rings. The standard InChI is InChI=1S/C22H21N5O4S/c23-22(24)27-17-5-1-3-14(11-17)21(30)26-16-6-8-18(9-7-16)32(31)19(12-20(28)29)15-4-2-10-25-13-15/h1-11,13,19H,12H2,(H,26,30)(H,28,29)(H4,23,24,27). The Balaban J connectivity index is 1.75. The number of anilines is 1. The van der Waals surface area contributed by atoms with Crippen LogP contribution in [-0.2, 0) is 15.6 Å². The second kappa shape index (κ2) is 10.3. The second-order valence-electron chi connectivity index (χ2n) is 6.74. The quantitative estimate of drug-likeness (QED) is 0.302. The van der Waals surface area contributed by atoms with Crippen LogP contribution in [0.15, 0.2) is 82.9 Å². The molecule has 32 heavy (non-hydrogen) atoms. The molecule has 1 heterocycles. The van der Waals surface area contributed by atoms with E-state index in [9.17, 15) is 18.9 Å². The summed E-state index contributed by atoms with van der Waals surface area (Å²) in [6.45, 7) is 0. The van der Waals surface area contributed by atoms with E-state index in [4.69, 9.17) is 11.5 Å². The number of pyridine rings is 1. The van der Waals surface area contributed by atoms with E-state index in [1.54, 1.807) is 66.9 Å². The molecular formula is C22H21N5O4S. The number of nitrogens with one attached hydrogen (secondary N) is 1. The maximum absolute atomic E-state index is 13.1. The molecule has 0 aliphatic heterocycles. The number of aromatic nitrogens is 1. The number of carboxylic acid groups (broad SMARTS) is 1. The zero-order chi connectivity index (χ0) is 23.1. The number of nitrogens with two attached hydrogens (primary N) is 2. The first-order valence-electron chi connectivity index (χ1n) is 9.47. The fraction of sp³-hybridized carbons (Fsp3) is 0.0909. The van der Waals surface area contributed by atoms with Crippen LogP contribution in [0.2, 0.25) is 0 Å². The second-order valence-corrected chi connectivity index (χ2v) is 8.37. The lowest BCUT2D eigenvalue weighted by molar-refractivity contribution is -0.137. The van der Waals surface area contributed by atoms with Gasteiger partial charge in [0.15, 0.2) is 5.96 Å². The van der Waals surface area contributed by atoms with E-state index in [0.717, 1.165) is 0 Å². The monoisotopic (exact) mass is 451 g/mol. The molecule has 1 amide bonds. The number of nitrogens with zero attached hydrogens (tertiary/aromatic N) is 2. The highest BCUT2D eigenvalue weighted by atomic mass is 32.2. The molecule has 0 spiro atoms. The highest BCUT2D eigenvalue weighted by Gasteiger charge is 2.24. The van der Waals surface area contributed by atoms with E-state index in [1.165, 1.54) is 6.20 Å². The number of rotatable bonds is 8. The summed E-state index contributed by atoms with van der Waals surface area (Å²) in [6.07, 6.45) is 2.77. The first-order valence-corrected chi connectivity index (χ1v) is 10.7. The number of carbonyl (C=O) groups is 2. The molecule has 0 aliphatic rings. The van der Waals surface area contributed by atoms with Gasteiger partial charge in [-0.15, -0.1) is 0 Å². The number of benzene rings is 2. The molecule has 9 nitrogen and oxygen atoms in total. The van der Waals surface area contributed by atoms with Crippen LogP contribution in [0.25, 0.3) is 0 Å². The molecule has 2 atom stereocenters. The highest BCUT2D eigenvalue weighted by Crippen LogP contribution is 2.29. The summed E-state index contributed by atoms with van der Waals surface area (Å²) >= 11 is 0. The molecule has 0 radical (unpaired) electrons. The SMILES string of the molecule is NC(N)=Nc1cccc(C(=O)Nc2ccc(S(=O)C(CC(=O)O)c3cccnc3)cc2)c1. The number of guanidine groups is 1. The Kier molecular flexibility index (Phi) is 7.29. The average Bonchev–Trinajstić information content (AvgIpc) is 2.78. The summed E-state index contributed by atoms with van der Waals surface area (Å²) in [5.74, 6) is -1.54. The van der Waals surface area contributed by atoms with Crippen LogP contribution in [0.4, 0.5) is 11.4 Å². The van der Waals surface area contributed by atoms with Crippen LogP contribution in [0.5, 0.6) is 0 Å². The number of amides is 1. The minimum Gasteiger partial charge on any atom is -0.481 e. The molecule has 10 heteroatoms. The predicted molar refractivity (Wildman–Crippen MR) is 122 cm³/mol. The normalized spacial score (nSPS) is 12.4. The predicted octanol–water partition coefficient (Wildman–Crippen LogP) is 2.56. The Labute approximate surface area is 186 Å². The van der Waals surface area contributed by atoms with Crippen molar-refractivity contribution < 1.29 is 18.9 Å². The number of aliphatic imine (C=N–C) groups is 1. The summed E-state index contributed by atoms with van der Waals surface area (Å²) in [4.78, 5) is 32.2. The van der Waals surface area contributed by atoms with Crippen molar-refractivity contribution in [3.8, 4) is 0 Å². The smallest absolute Gasteiger partial charge is 0.304 e. The molecule has 3 aromatic rings. The van der Waals surface area contributed by atoms with Gasteiger partial charge in [0, 0.05) is 28.5 Å². The topological polar surface area (TPSA) is 161 Å². The third-order valence-corrected chi connectivity index (χ3v) is 6.08. The number of aliphatic carboxylic acids is 1. The fourth-order valence-corrected chi connectivity index (χ4v) is 4.36. The molecule has 164 valence electrons. The lowest BCUT2D eigenvalue weighted by Gasteiger charge is -2.15. The van der Waals surface area contributed by atoms with Crippen molar-refractivity contribution in [2.45, 2.75) is 16.6 Å². The van der Waals surface area contributed by atoms with Gasteiger partial charge in [0.2, 0.25) is 0 Å². The summed E-state index contributed by atoms with van der Waals surface area (Å²) < 4.78 is 13.1. The van der Waals surface area contributed by atoms with Gasteiger partial charge in [0.1, 0.15) is 0 Å². The molecule has 0 bridgehead atoms. The van der Waals surface area contributed by atoms with E-state index < -0.39 is 22.0 Å². The molecule has 2 unspecified atom stereocenters. The summed E-state index contributed by atoms with van der Waals surface area (Å²) in [7, 11) is -1.63. The molecule has 3 rings (SSSR count). The van der Waals surface area contributed by atoms with Crippen LogP contribution < -0.4 is 16.8 Å². The van der Waals surface area contributed by atoms with Crippen molar-refractivity contribution in [2.24, 2.45) is 16.5 Å². The molecule has 0 saturated heterocycles. The van der Waals surface area contributed by atoms with Crippen LogP contribution in [0, 0.1) is 0 Å². The Morgan fingerprint density at radius 2 is 1.84 bits per heavy atom. The van der Waals surface area contributed by atoms with Crippen molar-refractivity contribution in [3.05, 3.63) is 84.2 Å². The van der Waals surface area contributed by atoms with Gasteiger partial charge in [-0.1, -0.05) is 12.1 Å². The van der Waals surface area contributed by atoms with Gasteiger partial charge in [0.05, 0.1) is 28.2 Å². The number of hydrogen-bond acceptors (Lipinski definition) is 5. The molecule has 6 N–H and O–H groups in total. The van der Waals surface area contributed by atoms with Crippen molar-refractivity contribution in [1.82, 2.24) is 4.98 Å². The molecule has 1 aromatic heterocycles. The first kappa shape index (κ1) is 22.6. The number of hydrogen-bond donors (Lipinski definition) is 4. The van der Waals surface area contributed by atoms with Gasteiger partial charge in [-0.3, -0.25) is 18.8 Å². The van der Waals surface area contributed by atoms with Crippen molar-refractivity contribution >= 4 is 40.0 Å². The van der Waals surface area contributed by atoms with E-state index >= 15 is 0 Å². The van der Waals surface area contributed by atoms with Crippen molar-refractivity contribution in [2.75, 3.05) is 5.32 Å². The minimum atomic E-state index is -1.63. The summed E-state index contributed by atoms with van der Waals surface area (Å²) in [5.41, 5.74) is 12.6. The highest BCUT2D eigenvalue weighted by molar-refractivity contribution is 7.85. The van der Waals surface area contributed by atoms with Gasteiger partial charge < -0.3 is 21.9 Å². The van der Waals surface area contributed by atoms with Gasteiger partial charge in [0.25, 0.3) is 5.91 Å². The Bertz CT molecular complexity index is 1160. The Morgan fingerprint density at radius 1 is 1.09 bits per heavy atom. The van der Waals surface area contributed by atoms with E-state index in [2.05, 4.69) is 15.3 Å². The maximum Gasteiger partial charge on any atom is 0.304 e. The summed E-state index contributed by atoms with van der Waals surface area (Å²) in [5, 5.41) is 11.2. The molecule has 0 saturated carbocycles. The zero-order valence-corrected chi connectivity index (χ0v) is 17.7. The van der Waals surface area contributed by atoms with E-state index in [-0.39, 0.29) is 18.3 Å². The van der Waals surface area contributed by atoms with E-state index in [0.29, 0.717) is 27.4 Å².